The molecule has 5 nitrogen and oxygen atoms in total. The van der Waals surface area contributed by atoms with Crippen LogP contribution < -0.4 is 10.1 Å². The van der Waals surface area contributed by atoms with Gasteiger partial charge < -0.3 is 19.7 Å². The maximum atomic E-state index is 6.02. The van der Waals surface area contributed by atoms with Crippen LogP contribution in [0.15, 0.2) is 53.5 Å². The van der Waals surface area contributed by atoms with Crippen LogP contribution in [0.5, 0.6) is 5.75 Å². The van der Waals surface area contributed by atoms with Gasteiger partial charge in [-0.05, 0) is 24.1 Å². The van der Waals surface area contributed by atoms with E-state index in [1.807, 2.05) is 25.2 Å². The minimum atomic E-state index is 0. The Morgan fingerprint density at radius 2 is 1.96 bits per heavy atom. The first-order chi connectivity index (χ1) is 12.7. The largest absolute Gasteiger partial charge is 0.496 e. The van der Waals surface area contributed by atoms with Crippen molar-refractivity contribution in [2.24, 2.45) is 4.99 Å². The Hall–Kier alpha value is -1.80. The molecule has 3 rings (SSSR count). The SMILES string of the molecule is CN=C(NCc1ccccc1OC)N1CCOC(c2ccccc2C)C1.I. The van der Waals surface area contributed by atoms with Crippen LogP contribution in [-0.4, -0.2) is 44.7 Å². The van der Waals surface area contributed by atoms with Crippen molar-refractivity contribution in [1.29, 1.82) is 0 Å². The summed E-state index contributed by atoms with van der Waals surface area (Å²) in [5.41, 5.74) is 3.62. The van der Waals surface area contributed by atoms with Crippen LogP contribution in [0.3, 0.4) is 0 Å². The van der Waals surface area contributed by atoms with Crippen LogP contribution in [0.2, 0.25) is 0 Å². The minimum Gasteiger partial charge on any atom is -0.496 e. The molecule has 2 aromatic rings. The number of nitrogens with zero attached hydrogens (tertiary/aromatic N) is 2. The quantitative estimate of drug-likeness (QED) is 0.411. The topological polar surface area (TPSA) is 46.1 Å². The third-order valence-corrected chi connectivity index (χ3v) is 4.74. The molecule has 0 aliphatic carbocycles. The lowest BCUT2D eigenvalue weighted by Crippen LogP contribution is -2.48. The smallest absolute Gasteiger partial charge is 0.194 e. The van der Waals surface area contributed by atoms with Gasteiger partial charge in [-0.1, -0.05) is 42.5 Å². The molecule has 0 aromatic heterocycles. The van der Waals surface area contributed by atoms with Gasteiger partial charge in [0.05, 0.1) is 20.3 Å². The summed E-state index contributed by atoms with van der Waals surface area (Å²) in [6.45, 7) is 5.11. The van der Waals surface area contributed by atoms with E-state index in [9.17, 15) is 0 Å². The Morgan fingerprint density at radius 3 is 2.70 bits per heavy atom. The molecular formula is C21H28IN3O2. The van der Waals surface area contributed by atoms with Crippen molar-refractivity contribution >= 4 is 29.9 Å². The molecule has 1 aliphatic heterocycles. The molecule has 0 spiro atoms. The van der Waals surface area contributed by atoms with Crippen LogP contribution in [0.25, 0.3) is 0 Å². The Bertz CT molecular complexity index is 767. The maximum absolute atomic E-state index is 6.02. The summed E-state index contributed by atoms with van der Waals surface area (Å²) in [4.78, 5) is 6.73. The zero-order valence-corrected chi connectivity index (χ0v) is 18.5. The highest BCUT2D eigenvalue weighted by molar-refractivity contribution is 14.0. The number of ether oxygens (including phenoxy) is 2. The predicted octanol–water partition coefficient (Wildman–Crippen LogP) is 3.77. The zero-order chi connectivity index (χ0) is 18.4. The summed E-state index contributed by atoms with van der Waals surface area (Å²) >= 11 is 0. The molecular weight excluding hydrogens is 453 g/mol. The van der Waals surface area contributed by atoms with Gasteiger partial charge in [-0.25, -0.2) is 0 Å². The summed E-state index contributed by atoms with van der Waals surface area (Å²) in [7, 11) is 3.52. The third kappa shape index (κ3) is 5.35. The number of methoxy groups -OCH3 is 1. The number of nitrogens with one attached hydrogen (secondary N) is 1. The number of hydrogen-bond donors (Lipinski definition) is 1. The second kappa shape index (κ2) is 10.5. The fourth-order valence-electron chi connectivity index (χ4n) is 3.33. The first-order valence-electron chi connectivity index (χ1n) is 8.97. The predicted molar refractivity (Wildman–Crippen MR) is 120 cm³/mol. The molecule has 0 radical (unpaired) electrons. The third-order valence-electron chi connectivity index (χ3n) is 4.74. The van der Waals surface area contributed by atoms with E-state index in [1.165, 1.54) is 11.1 Å². The fourth-order valence-corrected chi connectivity index (χ4v) is 3.33. The number of guanidine groups is 1. The van der Waals surface area contributed by atoms with Gasteiger partial charge in [-0.15, -0.1) is 24.0 Å². The summed E-state index contributed by atoms with van der Waals surface area (Å²) in [5, 5.41) is 3.46. The van der Waals surface area contributed by atoms with E-state index in [-0.39, 0.29) is 30.1 Å². The lowest BCUT2D eigenvalue weighted by atomic mass is 10.0. The molecule has 0 saturated carbocycles. The van der Waals surface area contributed by atoms with E-state index in [0.29, 0.717) is 13.2 Å². The summed E-state index contributed by atoms with van der Waals surface area (Å²) in [6, 6.07) is 16.4. The molecule has 0 bridgehead atoms. The highest BCUT2D eigenvalue weighted by Crippen LogP contribution is 2.25. The molecule has 27 heavy (non-hydrogen) atoms. The number of para-hydroxylation sites is 1. The number of morpholine rings is 1. The van der Waals surface area contributed by atoms with Crippen molar-refractivity contribution in [2.75, 3.05) is 33.9 Å². The molecule has 1 saturated heterocycles. The first kappa shape index (κ1) is 21.5. The van der Waals surface area contributed by atoms with Gasteiger partial charge in [0.15, 0.2) is 5.96 Å². The lowest BCUT2D eigenvalue weighted by molar-refractivity contribution is -0.00834. The van der Waals surface area contributed by atoms with Gasteiger partial charge in [0.1, 0.15) is 11.9 Å². The fraction of sp³-hybridized carbons (Fsp3) is 0.381. The number of aliphatic imine (C=N–C) groups is 1. The normalized spacial score (nSPS) is 17.2. The highest BCUT2D eigenvalue weighted by Gasteiger charge is 2.25. The lowest BCUT2D eigenvalue weighted by Gasteiger charge is -2.35. The van der Waals surface area contributed by atoms with Gasteiger partial charge in [-0.2, -0.15) is 0 Å². The standard InChI is InChI=1S/C21H27N3O2.HI/c1-16-8-4-6-10-18(16)20-15-24(12-13-26-20)21(22-2)23-14-17-9-5-7-11-19(17)25-3;/h4-11,20H,12-15H2,1-3H3,(H,22,23);1H. The van der Waals surface area contributed by atoms with Crippen LogP contribution in [0.1, 0.15) is 22.8 Å². The summed E-state index contributed by atoms with van der Waals surface area (Å²) < 4.78 is 11.5. The van der Waals surface area contributed by atoms with E-state index in [0.717, 1.165) is 30.4 Å². The Morgan fingerprint density at radius 1 is 1.22 bits per heavy atom. The average molecular weight is 481 g/mol. The number of benzene rings is 2. The van der Waals surface area contributed by atoms with Gasteiger partial charge in [0.25, 0.3) is 0 Å². The minimum absolute atomic E-state index is 0. The number of hydrogen-bond acceptors (Lipinski definition) is 3. The van der Waals surface area contributed by atoms with Crippen molar-refractivity contribution in [3.05, 3.63) is 65.2 Å². The van der Waals surface area contributed by atoms with Crippen molar-refractivity contribution in [3.63, 3.8) is 0 Å². The van der Waals surface area contributed by atoms with Gasteiger partial charge >= 0.3 is 0 Å². The molecule has 6 heteroatoms. The van der Waals surface area contributed by atoms with Gasteiger partial charge in [-0.3, -0.25) is 4.99 Å². The highest BCUT2D eigenvalue weighted by atomic mass is 127. The molecule has 1 aliphatic rings. The summed E-state index contributed by atoms with van der Waals surface area (Å²) in [6.07, 6.45) is 0.0646. The van der Waals surface area contributed by atoms with Crippen molar-refractivity contribution in [3.8, 4) is 5.75 Å². The van der Waals surface area contributed by atoms with E-state index in [2.05, 4.69) is 52.5 Å². The van der Waals surface area contributed by atoms with Gasteiger partial charge in [0, 0.05) is 25.7 Å². The molecule has 1 atom stereocenters. The number of aryl methyl sites for hydroxylation is 1. The van der Waals surface area contributed by atoms with E-state index < -0.39 is 0 Å². The molecule has 1 unspecified atom stereocenters. The average Bonchev–Trinajstić information content (AvgIpc) is 2.69. The molecule has 2 aromatic carbocycles. The first-order valence-corrected chi connectivity index (χ1v) is 8.97. The molecule has 1 N–H and O–H groups in total. The van der Waals surface area contributed by atoms with E-state index >= 15 is 0 Å². The number of halogens is 1. The van der Waals surface area contributed by atoms with Crippen molar-refractivity contribution < 1.29 is 9.47 Å². The van der Waals surface area contributed by atoms with Crippen LogP contribution >= 0.6 is 24.0 Å². The zero-order valence-electron chi connectivity index (χ0n) is 16.1. The Balaban J connectivity index is 0.00000261. The molecule has 146 valence electrons. The monoisotopic (exact) mass is 481 g/mol. The van der Waals surface area contributed by atoms with Crippen LogP contribution in [0, 0.1) is 6.92 Å². The summed E-state index contributed by atoms with van der Waals surface area (Å²) in [5.74, 6) is 1.77. The second-order valence-corrected chi connectivity index (χ2v) is 6.37. The molecule has 1 fully saturated rings. The van der Waals surface area contributed by atoms with E-state index in [4.69, 9.17) is 9.47 Å². The second-order valence-electron chi connectivity index (χ2n) is 6.37. The molecule has 0 amide bonds. The van der Waals surface area contributed by atoms with Crippen LogP contribution in [-0.2, 0) is 11.3 Å². The molecule has 1 heterocycles. The maximum Gasteiger partial charge on any atom is 0.194 e. The van der Waals surface area contributed by atoms with Crippen molar-refractivity contribution in [2.45, 2.75) is 19.6 Å². The Labute approximate surface area is 178 Å². The van der Waals surface area contributed by atoms with Crippen LogP contribution in [0.4, 0.5) is 0 Å². The van der Waals surface area contributed by atoms with E-state index in [1.54, 1.807) is 7.11 Å². The Kier molecular flexibility index (Phi) is 8.37. The van der Waals surface area contributed by atoms with Gasteiger partial charge in [0.2, 0.25) is 0 Å². The number of rotatable bonds is 4. The van der Waals surface area contributed by atoms with Crippen molar-refractivity contribution in [1.82, 2.24) is 10.2 Å².